The van der Waals surface area contributed by atoms with Crippen molar-refractivity contribution in [2.24, 2.45) is 5.92 Å². The van der Waals surface area contributed by atoms with Gasteiger partial charge in [-0.1, -0.05) is 6.07 Å². The second-order valence-electron chi connectivity index (χ2n) is 7.69. The Hall–Kier alpha value is -1.99. The number of nitrogens with zero attached hydrogens (tertiary/aromatic N) is 1. The van der Waals surface area contributed by atoms with Crippen molar-refractivity contribution in [3.05, 3.63) is 23.8 Å². The predicted octanol–water partition coefficient (Wildman–Crippen LogP) is 1.91. The van der Waals surface area contributed by atoms with E-state index < -0.39 is 0 Å². The molecule has 0 aliphatic carbocycles. The molecule has 2 fully saturated rings. The molecule has 8 heteroatoms. The minimum atomic E-state index is -0.0563. The fourth-order valence-electron chi connectivity index (χ4n) is 3.86. The van der Waals surface area contributed by atoms with Crippen molar-refractivity contribution in [3.8, 4) is 11.5 Å². The van der Waals surface area contributed by atoms with E-state index in [0.29, 0.717) is 24.6 Å². The highest BCUT2D eigenvalue weighted by molar-refractivity contribution is 5.85. The lowest BCUT2D eigenvalue weighted by atomic mass is 9.97. The van der Waals surface area contributed by atoms with Crippen LogP contribution < -0.4 is 20.1 Å². The number of halogens is 1. The van der Waals surface area contributed by atoms with Gasteiger partial charge in [-0.2, -0.15) is 0 Å². The number of aryl methyl sites for hydroxylation is 1. The third kappa shape index (κ3) is 6.51. The molecule has 2 amide bonds. The van der Waals surface area contributed by atoms with Crippen LogP contribution in [0.3, 0.4) is 0 Å². The number of likely N-dealkylation sites (tertiary alicyclic amines) is 1. The molecule has 2 atom stereocenters. The van der Waals surface area contributed by atoms with Gasteiger partial charge in [-0.25, -0.2) is 0 Å². The van der Waals surface area contributed by atoms with Crippen molar-refractivity contribution in [1.82, 2.24) is 15.5 Å². The topological polar surface area (TPSA) is 79.9 Å². The van der Waals surface area contributed by atoms with E-state index in [1.807, 2.05) is 30.0 Å². The highest BCUT2D eigenvalue weighted by Crippen LogP contribution is 2.28. The molecule has 2 heterocycles. The van der Waals surface area contributed by atoms with Crippen LogP contribution in [-0.2, 0) is 9.59 Å². The smallest absolute Gasteiger partial charge is 0.260 e. The molecule has 2 aliphatic rings. The lowest BCUT2D eigenvalue weighted by Gasteiger charge is -2.33. The van der Waals surface area contributed by atoms with Gasteiger partial charge in [0.25, 0.3) is 5.91 Å². The Bertz CT molecular complexity index is 695. The predicted molar refractivity (Wildman–Crippen MR) is 114 cm³/mol. The molecule has 1 aromatic rings. The molecule has 0 spiro atoms. The number of hydrogen-bond acceptors (Lipinski definition) is 5. The Morgan fingerprint density at radius 1 is 1.24 bits per heavy atom. The third-order valence-corrected chi connectivity index (χ3v) is 5.48. The van der Waals surface area contributed by atoms with Gasteiger partial charge >= 0.3 is 0 Å². The van der Waals surface area contributed by atoms with Crippen LogP contribution in [0.2, 0.25) is 0 Å². The number of piperidine rings is 1. The van der Waals surface area contributed by atoms with Crippen LogP contribution in [0.1, 0.15) is 31.2 Å². The molecule has 2 aliphatic heterocycles. The summed E-state index contributed by atoms with van der Waals surface area (Å²) in [6, 6.07) is 5.59. The second-order valence-corrected chi connectivity index (χ2v) is 7.69. The number of amides is 2. The van der Waals surface area contributed by atoms with Crippen molar-refractivity contribution >= 4 is 24.2 Å². The first-order chi connectivity index (χ1) is 13.6. The van der Waals surface area contributed by atoms with E-state index in [1.54, 1.807) is 7.11 Å². The van der Waals surface area contributed by atoms with Gasteiger partial charge in [0.1, 0.15) is 0 Å². The van der Waals surface area contributed by atoms with E-state index in [-0.39, 0.29) is 42.8 Å². The van der Waals surface area contributed by atoms with E-state index in [1.165, 1.54) is 0 Å². The van der Waals surface area contributed by atoms with Crippen LogP contribution in [-0.4, -0.2) is 62.7 Å². The van der Waals surface area contributed by atoms with E-state index in [9.17, 15) is 9.59 Å². The van der Waals surface area contributed by atoms with Gasteiger partial charge in [0.2, 0.25) is 5.91 Å². The van der Waals surface area contributed by atoms with Crippen LogP contribution in [0, 0.1) is 12.8 Å². The van der Waals surface area contributed by atoms with E-state index in [0.717, 1.165) is 44.3 Å². The summed E-state index contributed by atoms with van der Waals surface area (Å²) in [5.41, 5.74) is 1.07. The first-order valence-electron chi connectivity index (χ1n) is 10.1. The Morgan fingerprint density at radius 2 is 2.07 bits per heavy atom. The average molecular weight is 426 g/mol. The highest BCUT2D eigenvalue weighted by Gasteiger charge is 2.26. The zero-order valence-electron chi connectivity index (χ0n) is 17.2. The van der Waals surface area contributed by atoms with E-state index in [4.69, 9.17) is 9.47 Å². The van der Waals surface area contributed by atoms with Gasteiger partial charge in [-0.05, 0) is 62.8 Å². The van der Waals surface area contributed by atoms with Crippen molar-refractivity contribution in [2.45, 2.75) is 38.6 Å². The molecular weight excluding hydrogens is 394 g/mol. The number of rotatable bonds is 7. The van der Waals surface area contributed by atoms with Crippen molar-refractivity contribution in [2.75, 3.05) is 39.9 Å². The molecule has 2 unspecified atom stereocenters. The Morgan fingerprint density at radius 3 is 2.79 bits per heavy atom. The number of benzene rings is 1. The molecule has 0 radical (unpaired) electrons. The first-order valence-corrected chi connectivity index (χ1v) is 10.1. The Kier molecular flexibility index (Phi) is 9.04. The number of ether oxygens (including phenoxy) is 2. The number of hydrogen-bond donors (Lipinski definition) is 2. The molecule has 0 bridgehead atoms. The molecule has 0 aromatic heterocycles. The minimum absolute atomic E-state index is 0. The normalized spacial score (nSPS) is 21.2. The summed E-state index contributed by atoms with van der Waals surface area (Å²) in [4.78, 5) is 26.6. The maximum Gasteiger partial charge on any atom is 0.260 e. The number of methoxy groups -OCH3 is 1. The summed E-state index contributed by atoms with van der Waals surface area (Å²) in [5.74, 6) is 1.54. The summed E-state index contributed by atoms with van der Waals surface area (Å²) in [7, 11) is 1.59. The molecule has 2 N–H and O–H groups in total. The summed E-state index contributed by atoms with van der Waals surface area (Å²) in [6.07, 6.45) is 3.92. The summed E-state index contributed by atoms with van der Waals surface area (Å²) >= 11 is 0. The Balaban J connectivity index is 0.00000300. The first kappa shape index (κ1) is 23.3. The lowest BCUT2D eigenvalue weighted by Crippen LogP contribution is -2.47. The second kappa shape index (κ2) is 11.3. The SMILES string of the molecule is COc1cc(C)ccc1OCC(=O)N1CCCC(CNC(=O)C2CCCN2)C1.Cl. The monoisotopic (exact) mass is 425 g/mol. The zero-order chi connectivity index (χ0) is 19.9. The molecular formula is C21H32ClN3O4. The van der Waals surface area contributed by atoms with Crippen molar-refractivity contribution in [1.29, 1.82) is 0 Å². The summed E-state index contributed by atoms with van der Waals surface area (Å²) in [6.45, 7) is 4.90. The largest absolute Gasteiger partial charge is 0.493 e. The van der Waals surface area contributed by atoms with E-state index in [2.05, 4.69) is 10.6 Å². The van der Waals surface area contributed by atoms with E-state index >= 15 is 0 Å². The van der Waals surface area contributed by atoms with Crippen LogP contribution in [0.4, 0.5) is 0 Å². The maximum absolute atomic E-state index is 12.6. The fourth-order valence-corrected chi connectivity index (χ4v) is 3.86. The van der Waals surface area contributed by atoms with Gasteiger partial charge in [0, 0.05) is 19.6 Å². The van der Waals surface area contributed by atoms with Gasteiger partial charge < -0.3 is 25.0 Å². The molecule has 7 nitrogen and oxygen atoms in total. The highest BCUT2D eigenvalue weighted by atomic mass is 35.5. The van der Waals surface area contributed by atoms with Gasteiger partial charge in [-0.15, -0.1) is 12.4 Å². The number of nitrogens with one attached hydrogen (secondary N) is 2. The van der Waals surface area contributed by atoms with Gasteiger partial charge in [0.15, 0.2) is 18.1 Å². The number of carbonyl (C=O) groups is 2. The molecule has 29 heavy (non-hydrogen) atoms. The van der Waals surface area contributed by atoms with Crippen LogP contribution >= 0.6 is 12.4 Å². The van der Waals surface area contributed by atoms with Gasteiger partial charge in [-0.3, -0.25) is 9.59 Å². The van der Waals surface area contributed by atoms with Crippen LogP contribution in [0.5, 0.6) is 11.5 Å². The lowest BCUT2D eigenvalue weighted by molar-refractivity contribution is -0.135. The van der Waals surface area contributed by atoms with Crippen LogP contribution in [0.15, 0.2) is 18.2 Å². The minimum Gasteiger partial charge on any atom is -0.493 e. The zero-order valence-corrected chi connectivity index (χ0v) is 18.1. The molecule has 1 aromatic carbocycles. The standard InChI is InChI=1S/C21H31N3O4.ClH/c1-15-7-8-18(19(11-15)27-2)28-14-20(25)24-10-4-5-16(13-24)12-23-21(26)17-6-3-9-22-17;/h7-8,11,16-17,22H,3-6,9-10,12-14H2,1-2H3,(H,23,26);1H. The fraction of sp³-hybridized carbons (Fsp3) is 0.619. The van der Waals surface area contributed by atoms with Gasteiger partial charge in [0.05, 0.1) is 13.2 Å². The quantitative estimate of drug-likeness (QED) is 0.697. The molecule has 2 saturated heterocycles. The average Bonchev–Trinajstić information content (AvgIpc) is 3.26. The third-order valence-electron chi connectivity index (χ3n) is 5.48. The van der Waals surface area contributed by atoms with Crippen LogP contribution in [0.25, 0.3) is 0 Å². The molecule has 3 rings (SSSR count). The summed E-state index contributed by atoms with van der Waals surface area (Å²) in [5, 5.41) is 6.26. The summed E-state index contributed by atoms with van der Waals surface area (Å²) < 4.78 is 11.0. The van der Waals surface area contributed by atoms with Crippen molar-refractivity contribution in [3.63, 3.8) is 0 Å². The molecule has 0 saturated carbocycles. The molecule has 162 valence electrons. The number of carbonyl (C=O) groups excluding carboxylic acids is 2. The van der Waals surface area contributed by atoms with Crippen molar-refractivity contribution < 1.29 is 19.1 Å². The maximum atomic E-state index is 12.6. The Labute approximate surface area is 178 Å².